The summed E-state index contributed by atoms with van der Waals surface area (Å²) in [6.45, 7) is 7.09. The molecule has 3 aliphatic carbocycles. The Labute approximate surface area is 88.4 Å². The van der Waals surface area contributed by atoms with E-state index in [1.54, 1.807) is 0 Å². The second-order valence-corrected chi connectivity index (χ2v) is 6.25. The Kier molecular flexibility index (Phi) is 2.63. The molecule has 0 aliphatic heterocycles. The lowest BCUT2D eigenvalue weighted by Crippen LogP contribution is -2.52. The highest BCUT2D eigenvalue weighted by Crippen LogP contribution is 2.62. The summed E-state index contributed by atoms with van der Waals surface area (Å²) in [7, 11) is 0. The van der Waals surface area contributed by atoms with Gasteiger partial charge in [0.15, 0.2) is 0 Å². The lowest BCUT2D eigenvalue weighted by Gasteiger charge is -2.60. The minimum atomic E-state index is 0.399. The van der Waals surface area contributed by atoms with Crippen LogP contribution in [0.15, 0.2) is 0 Å². The molecule has 4 atom stereocenters. The summed E-state index contributed by atoms with van der Waals surface area (Å²) in [6, 6.07) is 0.399. The molecular formula is C13H25N. The quantitative estimate of drug-likeness (QED) is 0.735. The molecule has 0 amide bonds. The van der Waals surface area contributed by atoms with Crippen LogP contribution in [0.4, 0.5) is 0 Å². The van der Waals surface area contributed by atoms with E-state index in [0.717, 1.165) is 17.8 Å². The molecule has 82 valence electrons. The van der Waals surface area contributed by atoms with E-state index in [1.807, 2.05) is 0 Å². The van der Waals surface area contributed by atoms with Crippen LogP contribution in [0, 0.1) is 23.2 Å². The van der Waals surface area contributed by atoms with Gasteiger partial charge >= 0.3 is 0 Å². The molecule has 0 saturated heterocycles. The van der Waals surface area contributed by atoms with Crippen molar-refractivity contribution in [3.05, 3.63) is 0 Å². The SMILES string of the molecule is CC(N)CCC1CC[C@H]2C[C@@H]1C2(C)C. The highest BCUT2D eigenvalue weighted by molar-refractivity contribution is 5.03. The van der Waals surface area contributed by atoms with Crippen LogP contribution in [0.1, 0.15) is 52.9 Å². The van der Waals surface area contributed by atoms with Crippen molar-refractivity contribution in [3.63, 3.8) is 0 Å². The van der Waals surface area contributed by atoms with Crippen LogP contribution in [0.2, 0.25) is 0 Å². The molecule has 0 aromatic carbocycles. The van der Waals surface area contributed by atoms with Crippen LogP contribution in [0.3, 0.4) is 0 Å². The Morgan fingerprint density at radius 2 is 2.07 bits per heavy atom. The highest BCUT2D eigenvalue weighted by atomic mass is 14.6. The van der Waals surface area contributed by atoms with Crippen LogP contribution in [-0.4, -0.2) is 6.04 Å². The Morgan fingerprint density at radius 3 is 2.57 bits per heavy atom. The zero-order valence-corrected chi connectivity index (χ0v) is 9.92. The molecule has 3 aliphatic rings. The molecular weight excluding hydrogens is 170 g/mol. The normalized spacial score (nSPS) is 41.6. The van der Waals surface area contributed by atoms with Gasteiger partial charge in [-0.05, 0) is 62.2 Å². The molecule has 2 N–H and O–H groups in total. The molecule has 3 fully saturated rings. The predicted octanol–water partition coefficient (Wildman–Crippen LogP) is 3.19. The standard InChI is InChI=1S/C13H25N/c1-9(14)4-5-10-6-7-11-8-12(10)13(11,2)3/h9-12H,4-8,14H2,1-3H3/t9?,10?,11-,12-/m0/s1. The van der Waals surface area contributed by atoms with Crippen LogP contribution >= 0.6 is 0 Å². The molecule has 2 bridgehead atoms. The minimum Gasteiger partial charge on any atom is -0.328 e. The Bertz CT molecular complexity index is 205. The lowest BCUT2D eigenvalue weighted by atomic mass is 9.45. The maximum Gasteiger partial charge on any atom is 0.00105 e. The number of rotatable bonds is 3. The average molecular weight is 195 g/mol. The van der Waals surface area contributed by atoms with Crippen molar-refractivity contribution in [3.8, 4) is 0 Å². The summed E-state index contributed by atoms with van der Waals surface area (Å²) < 4.78 is 0. The van der Waals surface area contributed by atoms with Crippen molar-refractivity contribution in [1.29, 1.82) is 0 Å². The predicted molar refractivity (Wildman–Crippen MR) is 61.0 cm³/mol. The van der Waals surface area contributed by atoms with Crippen LogP contribution in [-0.2, 0) is 0 Å². The largest absolute Gasteiger partial charge is 0.328 e. The van der Waals surface area contributed by atoms with Crippen LogP contribution in [0.25, 0.3) is 0 Å². The van der Waals surface area contributed by atoms with Gasteiger partial charge < -0.3 is 5.73 Å². The van der Waals surface area contributed by atoms with Crippen molar-refractivity contribution in [2.75, 3.05) is 0 Å². The van der Waals surface area contributed by atoms with E-state index in [-0.39, 0.29) is 0 Å². The van der Waals surface area contributed by atoms with Gasteiger partial charge in [0.2, 0.25) is 0 Å². The first kappa shape index (κ1) is 10.5. The van der Waals surface area contributed by atoms with Gasteiger partial charge in [0, 0.05) is 6.04 Å². The number of hydrogen-bond acceptors (Lipinski definition) is 1. The van der Waals surface area contributed by atoms with E-state index in [0.29, 0.717) is 11.5 Å². The molecule has 3 saturated carbocycles. The maximum atomic E-state index is 5.84. The average Bonchev–Trinajstić information content (AvgIpc) is 2.14. The third kappa shape index (κ3) is 1.60. The van der Waals surface area contributed by atoms with Gasteiger partial charge in [-0.3, -0.25) is 0 Å². The van der Waals surface area contributed by atoms with E-state index in [4.69, 9.17) is 5.73 Å². The molecule has 1 heteroatoms. The van der Waals surface area contributed by atoms with Crippen molar-refractivity contribution in [2.24, 2.45) is 28.9 Å². The second-order valence-electron chi connectivity index (χ2n) is 6.25. The summed E-state index contributed by atoms with van der Waals surface area (Å²) in [4.78, 5) is 0. The van der Waals surface area contributed by atoms with E-state index >= 15 is 0 Å². The fraction of sp³-hybridized carbons (Fsp3) is 1.00. The van der Waals surface area contributed by atoms with Crippen LogP contribution in [0.5, 0.6) is 0 Å². The summed E-state index contributed by atoms with van der Waals surface area (Å²) >= 11 is 0. The minimum absolute atomic E-state index is 0.399. The Morgan fingerprint density at radius 1 is 1.36 bits per heavy atom. The van der Waals surface area contributed by atoms with Gasteiger partial charge in [0.25, 0.3) is 0 Å². The molecule has 0 radical (unpaired) electrons. The van der Waals surface area contributed by atoms with Gasteiger partial charge in [-0.2, -0.15) is 0 Å². The Hall–Kier alpha value is -0.0400. The third-order valence-corrected chi connectivity index (χ3v) is 4.99. The van der Waals surface area contributed by atoms with Gasteiger partial charge in [-0.15, -0.1) is 0 Å². The van der Waals surface area contributed by atoms with E-state index in [1.165, 1.54) is 32.1 Å². The first-order valence-electron chi connectivity index (χ1n) is 6.27. The smallest absolute Gasteiger partial charge is 0.00105 e. The third-order valence-electron chi connectivity index (χ3n) is 4.99. The summed E-state index contributed by atoms with van der Waals surface area (Å²) in [5, 5.41) is 0. The van der Waals surface area contributed by atoms with Crippen LogP contribution < -0.4 is 5.73 Å². The number of fused-ring (bicyclic) bond motifs is 2. The molecule has 3 rings (SSSR count). The lowest BCUT2D eigenvalue weighted by molar-refractivity contribution is -0.107. The fourth-order valence-corrected chi connectivity index (χ4v) is 3.79. The van der Waals surface area contributed by atoms with Gasteiger partial charge in [0.05, 0.1) is 0 Å². The molecule has 2 unspecified atom stereocenters. The molecule has 0 spiro atoms. The zero-order valence-electron chi connectivity index (χ0n) is 9.92. The topological polar surface area (TPSA) is 26.0 Å². The molecule has 14 heavy (non-hydrogen) atoms. The number of hydrogen-bond donors (Lipinski definition) is 1. The molecule has 0 aromatic heterocycles. The number of nitrogens with two attached hydrogens (primary N) is 1. The first-order valence-corrected chi connectivity index (χ1v) is 6.27. The second kappa shape index (κ2) is 3.52. The van der Waals surface area contributed by atoms with E-state index < -0.39 is 0 Å². The molecule has 0 heterocycles. The van der Waals surface area contributed by atoms with E-state index in [9.17, 15) is 0 Å². The van der Waals surface area contributed by atoms with Crippen molar-refractivity contribution in [2.45, 2.75) is 58.9 Å². The zero-order chi connectivity index (χ0) is 10.3. The van der Waals surface area contributed by atoms with Crippen molar-refractivity contribution >= 4 is 0 Å². The summed E-state index contributed by atoms with van der Waals surface area (Å²) in [6.07, 6.45) is 7.07. The molecule has 0 aromatic rings. The highest BCUT2D eigenvalue weighted by Gasteiger charge is 2.53. The Balaban J connectivity index is 1.88. The molecule has 1 nitrogen and oxygen atoms in total. The maximum absolute atomic E-state index is 5.84. The first-order chi connectivity index (χ1) is 6.51. The van der Waals surface area contributed by atoms with E-state index in [2.05, 4.69) is 20.8 Å². The van der Waals surface area contributed by atoms with Gasteiger partial charge in [-0.1, -0.05) is 13.8 Å². The monoisotopic (exact) mass is 195 g/mol. The van der Waals surface area contributed by atoms with Crippen molar-refractivity contribution < 1.29 is 0 Å². The van der Waals surface area contributed by atoms with Crippen molar-refractivity contribution in [1.82, 2.24) is 0 Å². The summed E-state index contributed by atoms with van der Waals surface area (Å²) in [5.74, 6) is 3.04. The van der Waals surface area contributed by atoms with Gasteiger partial charge in [-0.25, -0.2) is 0 Å². The summed E-state index contributed by atoms with van der Waals surface area (Å²) in [5.41, 5.74) is 6.49. The fourth-order valence-electron chi connectivity index (χ4n) is 3.79. The van der Waals surface area contributed by atoms with Gasteiger partial charge in [0.1, 0.15) is 0 Å².